The largest absolute Gasteiger partial charge is 0.461 e. The standard InChI is InChI=1S/C21H20N2O5S/c1-13-18(20(24)26-9-10-29-15-5-3-2-4-6-15)19(23-21(25)22-13)14-7-8-16-17(11-14)28-12-27-16/h2-8,11,19H,9-10,12H2,1H3,(H2,22,23,25). The molecule has 1 atom stereocenters. The number of allylic oxidation sites excluding steroid dienone is 1. The Bertz CT molecular complexity index is 961. The Morgan fingerprint density at radius 2 is 1.97 bits per heavy atom. The van der Waals surface area contributed by atoms with Crippen LogP contribution in [0.2, 0.25) is 0 Å². The van der Waals surface area contributed by atoms with Crippen LogP contribution in [0.3, 0.4) is 0 Å². The van der Waals surface area contributed by atoms with Gasteiger partial charge >= 0.3 is 12.0 Å². The van der Waals surface area contributed by atoms with Gasteiger partial charge in [0.15, 0.2) is 11.5 Å². The second kappa shape index (κ2) is 8.48. The summed E-state index contributed by atoms with van der Waals surface area (Å²) in [6.07, 6.45) is 0. The number of fused-ring (bicyclic) bond motifs is 1. The summed E-state index contributed by atoms with van der Waals surface area (Å²) in [6.45, 7) is 2.10. The van der Waals surface area contributed by atoms with E-state index >= 15 is 0 Å². The molecule has 2 amide bonds. The number of carbonyl (C=O) groups is 2. The van der Waals surface area contributed by atoms with E-state index in [0.29, 0.717) is 34.1 Å². The second-order valence-electron chi connectivity index (χ2n) is 6.48. The minimum absolute atomic E-state index is 0.153. The normalized spacial score (nSPS) is 17.6. The van der Waals surface area contributed by atoms with Crippen molar-refractivity contribution in [2.24, 2.45) is 0 Å². The summed E-state index contributed by atoms with van der Waals surface area (Å²) in [5.74, 6) is 1.39. The Labute approximate surface area is 172 Å². The molecule has 4 rings (SSSR count). The third-order valence-electron chi connectivity index (χ3n) is 4.55. The van der Waals surface area contributed by atoms with E-state index < -0.39 is 12.0 Å². The van der Waals surface area contributed by atoms with Gasteiger partial charge in [-0.25, -0.2) is 9.59 Å². The van der Waals surface area contributed by atoms with Crippen LogP contribution in [0.25, 0.3) is 0 Å². The number of carbonyl (C=O) groups excluding carboxylic acids is 2. The van der Waals surface area contributed by atoms with Crippen LogP contribution in [-0.2, 0) is 9.53 Å². The molecule has 2 aliphatic rings. The summed E-state index contributed by atoms with van der Waals surface area (Å²) in [5.41, 5.74) is 1.55. The smallest absolute Gasteiger partial charge is 0.338 e. The van der Waals surface area contributed by atoms with E-state index in [1.165, 1.54) is 0 Å². The number of hydrogen-bond donors (Lipinski definition) is 2. The van der Waals surface area contributed by atoms with E-state index in [1.807, 2.05) is 30.3 Å². The molecule has 150 valence electrons. The number of nitrogens with one attached hydrogen (secondary N) is 2. The highest BCUT2D eigenvalue weighted by atomic mass is 32.2. The van der Waals surface area contributed by atoms with Crippen LogP contribution in [0, 0.1) is 0 Å². The second-order valence-corrected chi connectivity index (χ2v) is 7.65. The van der Waals surface area contributed by atoms with Gasteiger partial charge in [0.1, 0.15) is 6.61 Å². The molecule has 0 radical (unpaired) electrons. The van der Waals surface area contributed by atoms with Gasteiger partial charge in [-0.3, -0.25) is 0 Å². The number of hydrogen-bond acceptors (Lipinski definition) is 6. The summed E-state index contributed by atoms with van der Waals surface area (Å²) >= 11 is 1.61. The van der Waals surface area contributed by atoms with Gasteiger partial charge in [0.2, 0.25) is 6.79 Å². The van der Waals surface area contributed by atoms with Crippen LogP contribution in [0.1, 0.15) is 18.5 Å². The predicted molar refractivity (Wildman–Crippen MR) is 108 cm³/mol. The van der Waals surface area contributed by atoms with E-state index in [9.17, 15) is 9.59 Å². The maximum atomic E-state index is 12.8. The van der Waals surface area contributed by atoms with E-state index in [2.05, 4.69) is 10.6 Å². The van der Waals surface area contributed by atoms with E-state index in [-0.39, 0.29) is 19.4 Å². The molecule has 0 bridgehead atoms. The summed E-state index contributed by atoms with van der Waals surface area (Å²) in [6, 6.07) is 14.2. The molecular weight excluding hydrogens is 392 g/mol. The molecule has 0 saturated heterocycles. The van der Waals surface area contributed by atoms with E-state index in [1.54, 1.807) is 36.9 Å². The molecule has 2 aromatic rings. The lowest BCUT2D eigenvalue weighted by atomic mass is 9.95. The van der Waals surface area contributed by atoms with Crippen LogP contribution in [0.4, 0.5) is 4.79 Å². The topological polar surface area (TPSA) is 85.9 Å². The van der Waals surface area contributed by atoms with E-state index in [4.69, 9.17) is 14.2 Å². The number of thioether (sulfide) groups is 1. The van der Waals surface area contributed by atoms with Crippen molar-refractivity contribution in [2.75, 3.05) is 19.2 Å². The Hall–Kier alpha value is -3.13. The number of rotatable bonds is 6. The van der Waals surface area contributed by atoms with Gasteiger partial charge in [0, 0.05) is 16.3 Å². The average molecular weight is 412 g/mol. The van der Waals surface area contributed by atoms with Crippen molar-refractivity contribution in [3.8, 4) is 11.5 Å². The molecule has 2 heterocycles. The van der Waals surface area contributed by atoms with Gasteiger partial charge < -0.3 is 24.8 Å². The molecule has 0 saturated carbocycles. The Balaban J connectivity index is 1.46. The maximum Gasteiger partial charge on any atom is 0.338 e. The molecule has 0 aromatic heterocycles. The minimum atomic E-state index is -0.632. The van der Waals surface area contributed by atoms with Crippen molar-refractivity contribution in [1.29, 1.82) is 0 Å². The average Bonchev–Trinajstić information content (AvgIpc) is 3.19. The summed E-state index contributed by atoms with van der Waals surface area (Å²) in [4.78, 5) is 25.9. The molecule has 2 aromatic carbocycles. The molecular formula is C21H20N2O5S. The number of urea groups is 1. The van der Waals surface area contributed by atoms with Crippen molar-refractivity contribution >= 4 is 23.8 Å². The van der Waals surface area contributed by atoms with Crippen molar-refractivity contribution in [3.05, 3.63) is 65.4 Å². The summed E-state index contributed by atoms with van der Waals surface area (Å²) < 4.78 is 16.2. The quantitative estimate of drug-likeness (QED) is 0.430. The zero-order valence-electron chi connectivity index (χ0n) is 15.8. The number of benzene rings is 2. The van der Waals surface area contributed by atoms with Crippen LogP contribution in [0.5, 0.6) is 11.5 Å². The molecule has 8 heteroatoms. The number of amides is 2. The molecule has 1 unspecified atom stereocenters. The highest BCUT2D eigenvalue weighted by Crippen LogP contribution is 2.37. The molecule has 2 aliphatic heterocycles. The minimum Gasteiger partial charge on any atom is -0.461 e. The van der Waals surface area contributed by atoms with Crippen molar-refractivity contribution in [3.63, 3.8) is 0 Å². The monoisotopic (exact) mass is 412 g/mol. The third-order valence-corrected chi connectivity index (χ3v) is 5.52. The Kier molecular flexibility index (Phi) is 5.62. The van der Waals surface area contributed by atoms with Crippen LogP contribution < -0.4 is 20.1 Å². The van der Waals surface area contributed by atoms with Gasteiger partial charge in [0.25, 0.3) is 0 Å². The van der Waals surface area contributed by atoms with Crippen LogP contribution in [-0.4, -0.2) is 31.2 Å². The Morgan fingerprint density at radius 1 is 1.17 bits per heavy atom. The van der Waals surface area contributed by atoms with Gasteiger partial charge in [0.05, 0.1) is 11.6 Å². The third kappa shape index (κ3) is 4.32. The van der Waals surface area contributed by atoms with Gasteiger partial charge in [-0.15, -0.1) is 11.8 Å². The number of ether oxygens (including phenoxy) is 3. The first-order valence-corrected chi connectivity index (χ1v) is 10.1. The lowest BCUT2D eigenvalue weighted by Crippen LogP contribution is -2.45. The number of esters is 1. The lowest BCUT2D eigenvalue weighted by Gasteiger charge is -2.28. The fourth-order valence-corrected chi connectivity index (χ4v) is 3.95. The summed E-state index contributed by atoms with van der Waals surface area (Å²) in [7, 11) is 0. The zero-order chi connectivity index (χ0) is 20.2. The van der Waals surface area contributed by atoms with Crippen LogP contribution >= 0.6 is 11.8 Å². The molecule has 7 nitrogen and oxygen atoms in total. The molecule has 0 spiro atoms. The molecule has 0 fully saturated rings. The van der Waals surface area contributed by atoms with Gasteiger partial charge in [-0.2, -0.15) is 0 Å². The van der Waals surface area contributed by atoms with Crippen molar-refractivity contribution in [2.45, 2.75) is 17.9 Å². The lowest BCUT2D eigenvalue weighted by molar-refractivity contribution is -0.138. The fraction of sp³-hybridized carbons (Fsp3) is 0.238. The highest BCUT2D eigenvalue weighted by molar-refractivity contribution is 7.99. The van der Waals surface area contributed by atoms with Gasteiger partial charge in [-0.05, 0) is 36.8 Å². The van der Waals surface area contributed by atoms with Crippen LogP contribution in [0.15, 0.2) is 64.7 Å². The Morgan fingerprint density at radius 3 is 2.79 bits per heavy atom. The maximum absolute atomic E-state index is 12.8. The summed E-state index contributed by atoms with van der Waals surface area (Å²) in [5, 5.41) is 5.44. The first-order chi connectivity index (χ1) is 14.1. The first-order valence-electron chi connectivity index (χ1n) is 9.14. The molecule has 2 N–H and O–H groups in total. The first kappa shape index (κ1) is 19.2. The molecule has 0 aliphatic carbocycles. The highest BCUT2D eigenvalue weighted by Gasteiger charge is 2.33. The predicted octanol–water partition coefficient (Wildman–Crippen LogP) is 3.38. The molecule has 29 heavy (non-hydrogen) atoms. The van der Waals surface area contributed by atoms with Crippen molar-refractivity contribution in [1.82, 2.24) is 10.6 Å². The van der Waals surface area contributed by atoms with Gasteiger partial charge in [-0.1, -0.05) is 24.3 Å². The fourth-order valence-electron chi connectivity index (χ4n) is 3.20. The van der Waals surface area contributed by atoms with Crippen molar-refractivity contribution < 1.29 is 23.8 Å². The SMILES string of the molecule is CC1=C(C(=O)OCCSc2ccccc2)C(c2ccc3c(c2)OCO3)NC(=O)N1. The zero-order valence-corrected chi connectivity index (χ0v) is 16.6. The van der Waals surface area contributed by atoms with E-state index in [0.717, 1.165) is 4.90 Å².